The summed E-state index contributed by atoms with van der Waals surface area (Å²) in [5.74, 6) is 1.57. The summed E-state index contributed by atoms with van der Waals surface area (Å²) in [6, 6.07) is 12.9. The molecule has 1 aromatic heterocycles. The van der Waals surface area contributed by atoms with Crippen LogP contribution in [0.2, 0.25) is 0 Å². The summed E-state index contributed by atoms with van der Waals surface area (Å²) in [6.07, 6.45) is 7.98. The van der Waals surface area contributed by atoms with Crippen LogP contribution in [-0.4, -0.2) is 47.1 Å². The number of methoxy groups -OCH3 is 1. The number of hydrogen-bond acceptors (Lipinski definition) is 5. The smallest absolute Gasteiger partial charge is 0.145 e. The number of halogens is 1. The van der Waals surface area contributed by atoms with Crippen molar-refractivity contribution in [2.75, 3.05) is 31.8 Å². The molecular weight excluding hydrogens is 405 g/mol. The van der Waals surface area contributed by atoms with E-state index in [1.54, 1.807) is 13.4 Å². The van der Waals surface area contributed by atoms with Gasteiger partial charge in [-0.3, -0.25) is 15.0 Å². The van der Waals surface area contributed by atoms with Crippen LogP contribution in [0.3, 0.4) is 0 Å². The molecule has 0 bridgehead atoms. The van der Waals surface area contributed by atoms with Gasteiger partial charge in [-0.25, -0.2) is 9.37 Å². The first-order valence-electron chi connectivity index (χ1n) is 10.9. The average molecular weight is 432 g/mol. The molecule has 5 rings (SSSR count). The lowest BCUT2D eigenvalue weighted by atomic mass is 10.00. The zero-order valence-electron chi connectivity index (χ0n) is 18.3. The maximum absolute atomic E-state index is 13.4. The maximum Gasteiger partial charge on any atom is 0.145 e. The van der Waals surface area contributed by atoms with Crippen LogP contribution in [0, 0.1) is 12.7 Å². The van der Waals surface area contributed by atoms with E-state index in [1.165, 1.54) is 17.7 Å². The summed E-state index contributed by atoms with van der Waals surface area (Å²) in [5.41, 5.74) is 5.18. The number of anilines is 1. The predicted octanol–water partition coefficient (Wildman–Crippen LogP) is 4.64. The molecule has 3 heterocycles. The molecule has 0 radical (unpaired) electrons. The minimum Gasteiger partial charge on any atom is -0.495 e. The number of imidazole rings is 1. The number of nitrogens with zero attached hydrogens (tertiary/aromatic N) is 5. The molecular formula is C25H26FN5O. The topological polar surface area (TPSA) is 45.9 Å². The first-order chi connectivity index (χ1) is 15.6. The van der Waals surface area contributed by atoms with Crippen LogP contribution >= 0.6 is 0 Å². The summed E-state index contributed by atoms with van der Waals surface area (Å²) in [6.45, 7) is 4.37. The molecule has 3 aromatic rings. The summed E-state index contributed by atoms with van der Waals surface area (Å²) >= 11 is 0. The molecule has 0 amide bonds. The number of hydrogen-bond donors (Lipinski definition) is 0. The van der Waals surface area contributed by atoms with Gasteiger partial charge >= 0.3 is 0 Å². The molecule has 2 aliphatic rings. The van der Waals surface area contributed by atoms with E-state index in [0.29, 0.717) is 6.54 Å². The van der Waals surface area contributed by atoms with E-state index in [4.69, 9.17) is 9.73 Å². The highest BCUT2D eigenvalue weighted by molar-refractivity contribution is 6.04. The number of ether oxygens (including phenoxy) is 1. The third-order valence-electron chi connectivity index (χ3n) is 5.87. The minimum atomic E-state index is -0.220. The van der Waals surface area contributed by atoms with Crippen molar-refractivity contribution < 1.29 is 9.13 Å². The Morgan fingerprint density at radius 3 is 2.66 bits per heavy atom. The number of rotatable bonds is 4. The zero-order chi connectivity index (χ0) is 22.1. The number of hydrazine groups is 1. The molecule has 1 fully saturated rings. The van der Waals surface area contributed by atoms with Gasteiger partial charge in [0.1, 0.15) is 17.4 Å². The fourth-order valence-corrected chi connectivity index (χ4v) is 4.36. The molecule has 0 atom stereocenters. The second-order valence-corrected chi connectivity index (χ2v) is 8.05. The highest BCUT2D eigenvalue weighted by Gasteiger charge is 2.29. The Hall–Kier alpha value is -3.61. The van der Waals surface area contributed by atoms with Gasteiger partial charge in [0.2, 0.25) is 0 Å². The highest BCUT2D eigenvalue weighted by atomic mass is 19.1. The van der Waals surface area contributed by atoms with Gasteiger partial charge in [0.05, 0.1) is 43.6 Å². The van der Waals surface area contributed by atoms with Crippen molar-refractivity contribution in [3.8, 4) is 11.4 Å². The molecule has 32 heavy (non-hydrogen) atoms. The van der Waals surface area contributed by atoms with Crippen LogP contribution < -0.4 is 9.75 Å². The summed E-state index contributed by atoms with van der Waals surface area (Å²) in [4.78, 5) is 9.16. The van der Waals surface area contributed by atoms with E-state index in [-0.39, 0.29) is 5.82 Å². The van der Waals surface area contributed by atoms with Gasteiger partial charge in [0.15, 0.2) is 0 Å². The van der Waals surface area contributed by atoms with Gasteiger partial charge in [0, 0.05) is 12.7 Å². The van der Waals surface area contributed by atoms with Gasteiger partial charge in [-0.05, 0) is 73.4 Å². The van der Waals surface area contributed by atoms with Gasteiger partial charge < -0.3 is 9.30 Å². The van der Waals surface area contributed by atoms with Gasteiger partial charge in [-0.1, -0.05) is 6.07 Å². The summed E-state index contributed by atoms with van der Waals surface area (Å²) in [7, 11) is 1.69. The molecule has 0 spiro atoms. The highest BCUT2D eigenvalue weighted by Crippen LogP contribution is 2.30. The summed E-state index contributed by atoms with van der Waals surface area (Å²) < 4.78 is 21.1. The van der Waals surface area contributed by atoms with Crippen molar-refractivity contribution >= 4 is 17.6 Å². The SMILES string of the molecule is COc1cc(C=C2CCCN3C2=NCCN3c2ccc(F)cc2)ccc1-n1cnc(C)c1. The predicted molar refractivity (Wildman–Crippen MR) is 125 cm³/mol. The van der Waals surface area contributed by atoms with Crippen LogP contribution in [0.4, 0.5) is 10.1 Å². The van der Waals surface area contributed by atoms with Crippen LogP contribution in [0.1, 0.15) is 24.1 Å². The Balaban J connectivity index is 1.45. The molecule has 2 aromatic carbocycles. The Morgan fingerprint density at radius 1 is 1.06 bits per heavy atom. The number of piperidine rings is 1. The molecule has 7 heteroatoms. The average Bonchev–Trinajstić information content (AvgIpc) is 3.25. The van der Waals surface area contributed by atoms with Crippen LogP contribution in [0.15, 0.2) is 65.6 Å². The Morgan fingerprint density at radius 2 is 1.91 bits per heavy atom. The zero-order valence-corrected chi connectivity index (χ0v) is 18.3. The molecule has 164 valence electrons. The number of aliphatic imine (C=N–C) groups is 1. The molecule has 1 saturated heterocycles. The van der Waals surface area contributed by atoms with E-state index < -0.39 is 0 Å². The molecule has 0 aliphatic carbocycles. The monoisotopic (exact) mass is 431 g/mol. The van der Waals surface area contributed by atoms with Gasteiger partial charge in [-0.2, -0.15) is 0 Å². The van der Waals surface area contributed by atoms with Gasteiger partial charge in [-0.15, -0.1) is 0 Å². The molecule has 0 unspecified atom stereocenters. The lowest BCUT2D eigenvalue weighted by molar-refractivity contribution is 0.348. The third-order valence-corrected chi connectivity index (χ3v) is 5.87. The number of aromatic nitrogens is 2. The molecule has 0 N–H and O–H groups in total. The minimum absolute atomic E-state index is 0.220. The second kappa shape index (κ2) is 8.49. The maximum atomic E-state index is 13.4. The Labute approximate surface area is 187 Å². The number of aryl methyl sites for hydroxylation is 1. The third kappa shape index (κ3) is 3.86. The van der Waals surface area contributed by atoms with Crippen molar-refractivity contribution in [3.63, 3.8) is 0 Å². The summed E-state index contributed by atoms with van der Waals surface area (Å²) in [5, 5.41) is 4.44. The van der Waals surface area contributed by atoms with Crippen LogP contribution in [-0.2, 0) is 0 Å². The Kier molecular flexibility index (Phi) is 5.39. The van der Waals surface area contributed by atoms with Crippen molar-refractivity contribution in [3.05, 3.63) is 77.6 Å². The molecule has 0 saturated carbocycles. The van der Waals surface area contributed by atoms with E-state index in [0.717, 1.165) is 60.1 Å². The van der Waals surface area contributed by atoms with Gasteiger partial charge in [0.25, 0.3) is 0 Å². The van der Waals surface area contributed by atoms with Crippen molar-refractivity contribution in [1.82, 2.24) is 14.6 Å². The van der Waals surface area contributed by atoms with Crippen molar-refractivity contribution in [1.29, 1.82) is 0 Å². The first-order valence-corrected chi connectivity index (χ1v) is 10.9. The standard InChI is InChI=1S/C25H26FN5O/c1-18-16-29(17-28-18)23-10-5-19(15-24(23)32-2)14-20-4-3-12-31-25(20)27-11-13-30(31)22-8-6-21(26)7-9-22/h5-10,14-17H,3-4,11-13H2,1-2H3. The number of fused-ring (bicyclic) bond motifs is 1. The fourth-order valence-electron chi connectivity index (χ4n) is 4.36. The first kappa shape index (κ1) is 20.3. The van der Waals surface area contributed by atoms with Crippen molar-refractivity contribution in [2.24, 2.45) is 4.99 Å². The normalized spacial score (nSPS) is 17.3. The van der Waals surface area contributed by atoms with Crippen molar-refractivity contribution in [2.45, 2.75) is 19.8 Å². The lowest BCUT2D eigenvalue weighted by Gasteiger charge is -2.44. The van der Waals surface area contributed by atoms with E-state index >= 15 is 0 Å². The quantitative estimate of drug-likeness (QED) is 0.604. The number of amidine groups is 1. The second-order valence-electron chi connectivity index (χ2n) is 8.05. The van der Waals surface area contributed by atoms with Crippen LogP contribution in [0.25, 0.3) is 11.8 Å². The fraction of sp³-hybridized carbons (Fsp3) is 0.280. The Bertz CT molecular complexity index is 1180. The van der Waals surface area contributed by atoms with E-state index in [9.17, 15) is 4.39 Å². The number of benzene rings is 2. The lowest BCUT2D eigenvalue weighted by Crippen LogP contribution is -2.53. The molecule has 2 aliphatic heterocycles. The van der Waals surface area contributed by atoms with E-state index in [1.807, 2.05) is 29.8 Å². The van der Waals surface area contributed by atoms with Crippen LogP contribution in [0.5, 0.6) is 5.75 Å². The van der Waals surface area contributed by atoms with E-state index in [2.05, 4.69) is 39.3 Å². The molecule has 6 nitrogen and oxygen atoms in total. The largest absolute Gasteiger partial charge is 0.495 e.